The van der Waals surface area contributed by atoms with E-state index < -0.39 is 16.0 Å². The number of esters is 1. The second kappa shape index (κ2) is 9.57. The highest BCUT2D eigenvalue weighted by molar-refractivity contribution is 7.90. The Morgan fingerprint density at radius 3 is 2.53 bits per heavy atom. The number of rotatable bonds is 8. The number of carbonyl (C=O) groups is 1. The van der Waals surface area contributed by atoms with Crippen molar-refractivity contribution in [1.29, 1.82) is 0 Å². The van der Waals surface area contributed by atoms with Crippen LogP contribution in [0.2, 0.25) is 0 Å². The Kier molecular flexibility index (Phi) is 7.10. The number of unbranched alkanes of at least 4 members (excludes halogenated alkanes) is 1. The number of hydrogen-bond donors (Lipinski definition) is 0. The molecule has 0 radical (unpaired) electrons. The van der Waals surface area contributed by atoms with Crippen molar-refractivity contribution in [1.82, 2.24) is 4.57 Å². The maximum Gasteiger partial charge on any atom is 0.326 e. The Morgan fingerprint density at radius 1 is 1.13 bits per heavy atom. The lowest BCUT2D eigenvalue weighted by molar-refractivity contribution is -0.143. The molecule has 0 aliphatic carbocycles. The van der Waals surface area contributed by atoms with Gasteiger partial charge in [-0.2, -0.15) is 8.42 Å². The molecule has 0 saturated heterocycles. The molecule has 3 rings (SSSR count). The molecule has 1 heterocycles. The van der Waals surface area contributed by atoms with Crippen LogP contribution in [0.1, 0.15) is 37.8 Å². The standard InChI is InChI=1S/C22H26N2O4S2/c1-4-6-7-17-10-13-19-20(14-17)29-22(24(19)15-21(25)28-5-2)23-30(26,27)18-11-8-16(3)9-12-18/h8-14H,4-7,15H2,1-3H3/b23-22-. The molecule has 0 N–H and O–H groups in total. The number of sulfonamides is 1. The van der Waals surface area contributed by atoms with Gasteiger partial charge in [-0.3, -0.25) is 4.79 Å². The zero-order valence-corrected chi connectivity index (χ0v) is 19.1. The summed E-state index contributed by atoms with van der Waals surface area (Å²) in [7, 11) is -3.91. The van der Waals surface area contributed by atoms with E-state index in [0.717, 1.165) is 35.0 Å². The van der Waals surface area contributed by atoms with Gasteiger partial charge in [0.05, 0.1) is 21.7 Å². The van der Waals surface area contributed by atoms with E-state index in [1.807, 2.05) is 19.1 Å². The van der Waals surface area contributed by atoms with Crippen molar-refractivity contribution in [3.05, 3.63) is 58.4 Å². The van der Waals surface area contributed by atoms with Gasteiger partial charge in [0.15, 0.2) is 0 Å². The number of aryl methyl sites for hydroxylation is 2. The third-order valence-corrected chi connectivity index (χ3v) is 7.11. The Balaban J connectivity index is 2.13. The van der Waals surface area contributed by atoms with Crippen molar-refractivity contribution in [2.75, 3.05) is 6.61 Å². The van der Waals surface area contributed by atoms with Crippen molar-refractivity contribution in [3.63, 3.8) is 0 Å². The highest BCUT2D eigenvalue weighted by Crippen LogP contribution is 2.21. The summed E-state index contributed by atoms with van der Waals surface area (Å²) in [6.07, 6.45) is 3.13. The molecule has 30 heavy (non-hydrogen) atoms. The molecule has 0 aliphatic heterocycles. The average Bonchev–Trinajstić information content (AvgIpc) is 3.02. The molecule has 0 spiro atoms. The maximum absolute atomic E-state index is 12.9. The van der Waals surface area contributed by atoms with E-state index >= 15 is 0 Å². The molecule has 0 amide bonds. The highest BCUT2D eigenvalue weighted by atomic mass is 32.2. The van der Waals surface area contributed by atoms with Crippen LogP contribution >= 0.6 is 11.3 Å². The van der Waals surface area contributed by atoms with Gasteiger partial charge in [0.1, 0.15) is 6.54 Å². The summed E-state index contributed by atoms with van der Waals surface area (Å²) >= 11 is 1.27. The van der Waals surface area contributed by atoms with Gasteiger partial charge in [-0.1, -0.05) is 48.4 Å². The minimum atomic E-state index is -3.91. The monoisotopic (exact) mass is 446 g/mol. The lowest BCUT2D eigenvalue weighted by Gasteiger charge is -2.06. The summed E-state index contributed by atoms with van der Waals surface area (Å²) in [5.41, 5.74) is 2.92. The van der Waals surface area contributed by atoms with E-state index in [9.17, 15) is 13.2 Å². The first-order valence-electron chi connectivity index (χ1n) is 9.99. The Morgan fingerprint density at radius 2 is 1.87 bits per heavy atom. The fourth-order valence-corrected chi connectivity index (χ4v) is 5.37. The molecule has 1 aromatic heterocycles. The van der Waals surface area contributed by atoms with Gasteiger partial charge < -0.3 is 9.30 Å². The van der Waals surface area contributed by atoms with Gasteiger partial charge in [-0.05, 0) is 56.5 Å². The minimum absolute atomic E-state index is 0.0929. The maximum atomic E-state index is 12.9. The molecule has 0 atom stereocenters. The van der Waals surface area contributed by atoms with Crippen LogP contribution in [0.5, 0.6) is 0 Å². The molecule has 6 nitrogen and oxygen atoms in total. The lowest BCUT2D eigenvalue weighted by atomic mass is 10.1. The van der Waals surface area contributed by atoms with E-state index in [1.165, 1.54) is 16.9 Å². The molecule has 0 fully saturated rings. The van der Waals surface area contributed by atoms with Crippen LogP contribution in [0.4, 0.5) is 0 Å². The normalized spacial score (nSPS) is 12.4. The molecule has 3 aromatic rings. The van der Waals surface area contributed by atoms with Crippen molar-refractivity contribution in [2.24, 2.45) is 4.40 Å². The third kappa shape index (κ3) is 5.17. The van der Waals surface area contributed by atoms with Gasteiger partial charge in [-0.25, -0.2) is 0 Å². The molecule has 0 saturated carbocycles. The number of fused-ring (bicyclic) bond motifs is 1. The third-order valence-electron chi connectivity index (χ3n) is 4.68. The number of thiazole rings is 1. The number of aromatic nitrogens is 1. The molecular weight excluding hydrogens is 420 g/mol. The van der Waals surface area contributed by atoms with Crippen LogP contribution < -0.4 is 4.80 Å². The average molecular weight is 447 g/mol. The van der Waals surface area contributed by atoms with Crippen LogP contribution in [0.15, 0.2) is 51.8 Å². The number of benzene rings is 2. The molecule has 160 valence electrons. The van der Waals surface area contributed by atoms with Gasteiger partial charge in [0.2, 0.25) is 4.80 Å². The van der Waals surface area contributed by atoms with Crippen LogP contribution in [0.25, 0.3) is 10.2 Å². The van der Waals surface area contributed by atoms with E-state index in [0.29, 0.717) is 0 Å². The fraction of sp³-hybridized carbons (Fsp3) is 0.364. The van der Waals surface area contributed by atoms with Crippen molar-refractivity contribution in [3.8, 4) is 0 Å². The van der Waals surface area contributed by atoms with E-state index in [2.05, 4.69) is 17.4 Å². The van der Waals surface area contributed by atoms with E-state index in [-0.39, 0.29) is 22.8 Å². The second-order valence-corrected chi connectivity index (χ2v) is 9.67. The highest BCUT2D eigenvalue weighted by Gasteiger charge is 2.16. The summed E-state index contributed by atoms with van der Waals surface area (Å²) < 4.78 is 37.4. The molecule has 0 aliphatic rings. The van der Waals surface area contributed by atoms with Gasteiger partial charge in [0, 0.05) is 0 Å². The summed E-state index contributed by atoms with van der Waals surface area (Å²) in [6.45, 7) is 5.94. The van der Waals surface area contributed by atoms with Crippen LogP contribution in [0.3, 0.4) is 0 Å². The first kappa shape index (κ1) is 22.2. The first-order chi connectivity index (χ1) is 14.3. The zero-order chi connectivity index (χ0) is 21.7. The van der Waals surface area contributed by atoms with Crippen molar-refractivity contribution >= 4 is 37.5 Å². The predicted molar refractivity (Wildman–Crippen MR) is 119 cm³/mol. The Hall–Kier alpha value is -2.45. The molecule has 0 bridgehead atoms. The smallest absolute Gasteiger partial charge is 0.326 e. The van der Waals surface area contributed by atoms with E-state index in [1.54, 1.807) is 35.8 Å². The van der Waals surface area contributed by atoms with Crippen molar-refractivity contribution < 1.29 is 17.9 Å². The fourth-order valence-electron chi connectivity index (χ4n) is 3.08. The topological polar surface area (TPSA) is 77.7 Å². The molecule has 0 unspecified atom stereocenters. The number of hydrogen-bond acceptors (Lipinski definition) is 5. The van der Waals surface area contributed by atoms with Crippen LogP contribution in [0, 0.1) is 6.92 Å². The van der Waals surface area contributed by atoms with E-state index in [4.69, 9.17) is 4.74 Å². The second-order valence-electron chi connectivity index (χ2n) is 7.06. The summed E-state index contributed by atoms with van der Waals surface area (Å²) in [6, 6.07) is 12.5. The number of carbonyl (C=O) groups excluding carboxylic acids is 1. The lowest BCUT2D eigenvalue weighted by Crippen LogP contribution is -2.23. The Labute approximate surface area is 180 Å². The Bertz CT molecular complexity index is 1210. The predicted octanol–water partition coefficient (Wildman–Crippen LogP) is 4.21. The van der Waals surface area contributed by atoms with Gasteiger partial charge in [0.25, 0.3) is 10.0 Å². The van der Waals surface area contributed by atoms with Crippen LogP contribution in [-0.4, -0.2) is 25.6 Å². The molecule has 2 aromatic carbocycles. The number of ether oxygens (including phenoxy) is 1. The summed E-state index contributed by atoms with van der Waals surface area (Å²) in [4.78, 5) is 12.5. The SMILES string of the molecule is CCCCc1ccc2c(c1)s/c(=N\S(=O)(=O)c1ccc(C)cc1)n2CC(=O)OCC. The first-order valence-corrected chi connectivity index (χ1v) is 12.2. The van der Waals surface area contributed by atoms with Gasteiger partial charge in [-0.15, -0.1) is 4.40 Å². The van der Waals surface area contributed by atoms with Crippen LogP contribution in [-0.2, 0) is 32.5 Å². The molecular formula is C22H26N2O4S2. The quantitative estimate of drug-likeness (QED) is 0.486. The number of nitrogens with zero attached hydrogens (tertiary/aromatic N) is 2. The zero-order valence-electron chi connectivity index (χ0n) is 17.4. The van der Waals surface area contributed by atoms with Gasteiger partial charge >= 0.3 is 5.97 Å². The van der Waals surface area contributed by atoms with Crippen molar-refractivity contribution in [2.45, 2.75) is 51.5 Å². The largest absolute Gasteiger partial charge is 0.465 e. The minimum Gasteiger partial charge on any atom is -0.465 e. The molecule has 8 heteroatoms. The summed E-state index contributed by atoms with van der Waals surface area (Å²) in [5.74, 6) is -0.429. The summed E-state index contributed by atoms with van der Waals surface area (Å²) in [5, 5.41) is 0.